The fourth-order valence-electron chi connectivity index (χ4n) is 3.22. The number of halogens is 1. The smallest absolute Gasteiger partial charge is 0.301 e. The summed E-state index contributed by atoms with van der Waals surface area (Å²) in [6, 6.07) is 5.18. The molecule has 4 heterocycles. The number of nitrogens with one attached hydrogen (secondary N) is 2. The van der Waals surface area contributed by atoms with Crippen LogP contribution in [0.3, 0.4) is 0 Å². The predicted molar refractivity (Wildman–Crippen MR) is 125 cm³/mol. The van der Waals surface area contributed by atoms with Crippen LogP contribution in [0.1, 0.15) is 18.6 Å². The van der Waals surface area contributed by atoms with E-state index < -0.39 is 10.2 Å². The monoisotopic (exact) mass is 490 g/mol. The van der Waals surface area contributed by atoms with Crippen molar-refractivity contribution >= 4 is 39.0 Å². The number of morpholine rings is 1. The molecule has 1 saturated heterocycles. The van der Waals surface area contributed by atoms with Crippen LogP contribution < -0.4 is 10.0 Å². The Kier molecular flexibility index (Phi) is 6.98. The van der Waals surface area contributed by atoms with Gasteiger partial charge in [-0.05, 0) is 25.1 Å². The highest BCUT2D eigenvalue weighted by Gasteiger charge is 2.25. The molecule has 11 nitrogen and oxygen atoms in total. The summed E-state index contributed by atoms with van der Waals surface area (Å²) in [5, 5.41) is 3.19. The van der Waals surface area contributed by atoms with Gasteiger partial charge in [-0.1, -0.05) is 18.5 Å². The number of rotatable bonds is 7. The summed E-state index contributed by atoms with van der Waals surface area (Å²) in [6.07, 6.45) is 3.79. The second kappa shape index (κ2) is 9.91. The van der Waals surface area contributed by atoms with Crippen LogP contribution in [0.2, 0.25) is 5.15 Å². The minimum absolute atomic E-state index is 0.0271. The number of ether oxygens (including phenoxy) is 1. The topological polar surface area (TPSA) is 135 Å². The molecule has 4 rings (SSSR count). The molecule has 0 unspecified atom stereocenters. The lowest BCUT2D eigenvalue weighted by molar-refractivity contribution is 0.0733. The number of aromatic nitrogens is 5. The lowest BCUT2D eigenvalue weighted by Crippen LogP contribution is -2.43. The zero-order valence-corrected chi connectivity index (χ0v) is 19.7. The van der Waals surface area contributed by atoms with E-state index in [9.17, 15) is 8.42 Å². The van der Waals surface area contributed by atoms with Crippen LogP contribution in [0.15, 0.2) is 30.6 Å². The van der Waals surface area contributed by atoms with Crippen molar-refractivity contribution in [3.8, 4) is 11.4 Å². The summed E-state index contributed by atoms with van der Waals surface area (Å²) in [5.74, 6) is 2.27. The van der Waals surface area contributed by atoms with Crippen LogP contribution in [-0.2, 0) is 21.4 Å². The SMILES string of the molecule is CCc1nc(C)nc(-c2cccnc2Nc2cnc(Cl)c(NS(=O)(=O)N3CCOCC3)c2)n1. The molecule has 2 N–H and O–H groups in total. The molecule has 0 bridgehead atoms. The number of anilines is 3. The lowest BCUT2D eigenvalue weighted by atomic mass is 10.2. The normalized spacial score (nSPS) is 14.8. The van der Waals surface area contributed by atoms with Crippen LogP contribution in [0.25, 0.3) is 11.4 Å². The van der Waals surface area contributed by atoms with Crippen LogP contribution in [0.5, 0.6) is 0 Å². The lowest BCUT2D eigenvalue weighted by Gasteiger charge is -2.26. The highest BCUT2D eigenvalue weighted by atomic mass is 35.5. The highest BCUT2D eigenvalue weighted by Crippen LogP contribution is 2.29. The molecule has 13 heteroatoms. The van der Waals surface area contributed by atoms with Gasteiger partial charge in [0.2, 0.25) is 0 Å². The van der Waals surface area contributed by atoms with Crippen molar-refractivity contribution < 1.29 is 13.2 Å². The van der Waals surface area contributed by atoms with Gasteiger partial charge in [0, 0.05) is 25.7 Å². The van der Waals surface area contributed by atoms with E-state index in [1.54, 1.807) is 18.3 Å². The van der Waals surface area contributed by atoms with Crippen LogP contribution in [-0.4, -0.2) is 63.9 Å². The van der Waals surface area contributed by atoms with Crippen LogP contribution in [0.4, 0.5) is 17.2 Å². The van der Waals surface area contributed by atoms with Gasteiger partial charge >= 0.3 is 10.2 Å². The zero-order chi connectivity index (χ0) is 23.4. The molecule has 0 spiro atoms. The van der Waals surface area contributed by atoms with Gasteiger partial charge in [-0.25, -0.2) is 24.9 Å². The van der Waals surface area contributed by atoms with Crippen molar-refractivity contribution in [2.75, 3.05) is 36.3 Å². The van der Waals surface area contributed by atoms with Crippen molar-refractivity contribution in [2.45, 2.75) is 20.3 Å². The Morgan fingerprint density at radius 1 is 1.18 bits per heavy atom. The Morgan fingerprint density at radius 2 is 1.97 bits per heavy atom. The molecular formula is C20H23ClN8O3S. The van der Waals surface area contributed by atoms with Crippen LogP contribution in [0, 0.1) is 6.92 Å². The summed E-state index contributed by atoms with van der Waals surface area (Å²) in [6.45, 7) is 4.99. The fourth-order valence-corrected chi connectivity index (χ4v) is 4.62. The highest BCUT2D eigenvalue weighted by molar-refractivity contribution is 7.90. The number of pyridine rings is 2. The minimum Gasteiger partial charge on any atom is -0.379 e. The number of hydrogen-bond donors (Lipinski definition) is 2. The van der Waals surface area contributed by atoms with Gasteiger partial charge in [-0.3, -0.25) is 4.72 Å². The molecule has 0 radical (unpaired) electrons. The van der Waals surface area contributed by atoms with Gasteiger partial charge < -0.3 is 10.1 Å². The Bertz CT molecular complexity index is 1250. The van der Waals surface area contributed by atoms with E-state index in [1.807, 2.05) is 19.9 Å². The van der Waals surface area contributed by atoms with E-state index in [-0.39, 0.29) is 23.9 Å². The van der Waals surface area contributed by atoms with Gasteiger partial charge in [-0.15, -0.1) is 0 Å². The van der Waals surface area contributed by atoms with Crippen molar-refractivity contribution in [2.24, 2.45) is 0 Å². The van der Waals surface area contributed by atoms with Gasteiger partial charge in [0.15, 0.2) is 11.0 Å². The first kappa shape index (κ1) is 23.2. The summed E-state index contributed by atoms with van der Waals surface area (Å²) in [5.41, 5.74) is 1.30. The van der Waals surface area contributed by atoms with Crippen molar-refractivity contribution in [1.29, 1.82) is 0 Å². The molecule has 1 aliphatic heterocycles. The quantitative estimate of drug-likeness (QED) is 0.479. The average Bonchev–Trinajstić information content (AvgIpc) is 2.81. The van der Waals surface area contributed by atoms with Crippen molar-refractivity contribution in [3.63, 3.8) is 0 Å². The number of aryl methyl sites for hydroxylation is 2. The predicted octanol–water partition coefficient (Wildman–Crippen LogP) is 2.59. The maximum absolute atomic E-state index is 12.7. The molecule has 0 aliphatic carbocycles. The maximum atomic E-state index is 12.7. The molecule has 3 aromatic rings. The Labute approximate surface area is 196 Å². The van der Waals surface area contributed by atoms with Gasteiger partial charge in [-0.2, -0.15) is 12.7 Å². The summed E-state index contributed by atoms with van der Waals surface area (Å²) in [7, 11) is -3.80. The molecule has 33 heavy (non-hydrogen) atoms. The first-order valence-electron chi connectivity index (χ1n) is 10.3. The van der Waals surface area contributed by atoms with E-state index in [0.717, 1.165) is 0 Å². The second-order valence-corrected chi connectivity index (χ2v) is 9.21. The first-order chi connectivity index (χ1) is 15.9. The summed E-state index contributed by atoms with van der Waals surface area (Å²) < 4.78 is 34.5. The minimum atomic E-state index is -3.80. The Balaban J connectivity index is 1.62. The molecule has 0 atom stereocenters. The van der Waals surface area contributed by atoms with Gasteiger partial charge in [0.1, 0.15) is 17.5 Å². The first-order valence-corrected chi connectivity index (χ1v) is 12.1. The molecule has 1 fully saturated rings. The van der Waals surface area contributed by atoms with Gasteiger partial charge in [0.05, 0.1) is 36.3 Å². The molecule has 174 valence electrons. The Hall–Kier alpha value is -2.93. The van der Waals surface area contributed by atoms with Gasteiger partial charge in [0.25, 0.3) is 0 Å². The van der Waals surface area contributed by atoms with E-state index in [1.165, 1.54) is 10.5 Å². The molecule has 0 saturated carbocycles. The third-order valence-electron chi connectivity index (χ3n) is 4.81. The third-order valence-corrected chi connectivity index (χ3v) is 6.63. The van der Waals surface area contributed by atoms with E-state index in [0.29, 0.717) is 54.2 Å². The maximum Gasteiger partial charge on any atom is 0.301 e. The van der Waals surface area contributed by atoms with E-state index in [4.69, 9.17) is 16.3 Å². The van der Waals surface area contributed by atoms with E-state index >= 15 is 0 Å². The van der Waals surface area contributed by atoms with Crippen molar-refractivity contribution in [1.82, 2.24) is 29.2 Å². The number of hydrogen-bond acceptors (Lipinski definition) is 9. The third kappa shape index (κ3) is 5.53. The van der Waals surface area contributed by atoms with Crippen molar-refractivity contribution in [3.05, 3.63) is 47.4 Å². The molecule has 1 aliphatic rings. The molecule has 0 aromatic carbocycles. The summed E-state index contributed by atoms with van der Waals surface area (Å²) >= 11 is 6.17. The fraction of sp³-hybridized carbons (Fsp3) is 0.350. The van der Waals surface area contributed by atoms with E-state index in [2.05, 4.69) is 35.0 Å². The largest absolute Gasteiger partial charge is 0.379 e. The standard InChI is InChI=1S/C20H23ClN8O3S/c1-3-17-24-13(2)25-20(27-17)15-5-4-6-22-19(15)26-14-11-16(18(21)23-12-14)28-33(30,31)29-7-9-32-10-8-29/h4-6,11-12,28H,3,7-10H2,1-2H3,(H,22,26). The average molecular weight is 491 g/mol. The second-order valence-electron chi connectivity index (χ2n) is 7.18. The molecule has 0 amide bonds. The number of nitrogens with zero attached hydrogens (tertiary/aromatic N) is 6. The Morgan fingerprint density at radius 3 is 2.73 bits per heavy atom. The zero-order valence-electron chi connectivity index (χ0n) is 18.1. The molecular weight excluding hydrogens is 468 g/mol. The summed E-state index contributed by atoms with van der Waals surface area (Å²) in [4.78, 5) is 21.8. The molecule has 3 aromatic heterocycles. The van der Waals surface area contributed by atoms with Crippen LogP contribution >= 0.6 is 11.6 Å².